The Labute approximate surface area is 127 Å². The van der Waals surface area contributed by atoms with Gasteiger partial charge < -0.3 is 9.94 Å². The molecule has 0 radical (unpaired) electrons. The SMILES string of the molecule is C/C(=N\OCC(=O)O)c1ccccc1Sc1ccccc1. The molecule has 0 atom stereocenters. The Kier molecular flexibility index (Phi) is 5.40. The summed E-state index contributed by atoms with van der Waals surface area (Å²) in [6.07, 6.45) is 0. The van der Waals surface area contributed by atoms with E-state index in [0.717, 1.165) is 15.4 Å². The number of carbonyl (C=O) groups is 1. The van der Waals surface area contributed by atoms with Crippen molar-refractivity contribution in [1.82, 2.24) is 0 Å². The van der Waals surface area contributed by atoms with Crippen LogP contribution in [0, 0.1) is 0 Å². The van der Waals surface area contributed by atoms with Gasteiger partial charge in [-0.25, -0.2) is 4.79 Å². The Morgan fingerprint density at radius 1 is 1.14 bits per heavy atom. The third-order valence-electron chi connectivity index (χ3n) is 2.64. The van der Waals surface area contributed by atoms with Crippen LogP contribution < -0.4 is 0 Å². The average Bonchev–Trinajstić information content (AvgIpc) is 2.48. The lowest BCUT2D eigenvalue weighted by atomic mass is 10.1. The van der Waals surface area contributed by atoms with E-state index in [2.05, 4.69) is 5.16 Å². The number of oxime groups is 1. The van der Waals surface area contributed by atoms with Crippen LogP contribution in [0.3, 0.4) is 0 Å². The number of carboxylic acids is 1. The highest BCUT2D eigenvalue weighted by molar-refractivity contribution is 7.99. The van der Waals surface area contributed by atoms with Crippen LogP contribution in [0.4, 0.5) is 0 Å². The molecule has 2 aromatic rings. The van der Waals surface area contributed by atoms with Gasteiger partial charge in [-0.2, -0.15) is 0 Å². The van der Waals surface area contributed by atoms with Crippen molar-refractivity contribution >= 4 is 23.4 Å². The molecule has 0 amide bonds. The van der Waals surface area contributed by atoms with E-state index in [1.165, 1.54) is 0 Å². The molecule has 0 saturated carbocycles. The van der Waals surface area contributed by atoms with Gasteiger partial charge in [-0.1, -0.05) is 53.3 Å². The first-order chi connectivity index (χ1) is 10.2. The molecule has 21 heavy (non-hydrogen) atoms. The molecular weight excluding hydrogens is 286 g/mol. The summed E-state index contributed by atoms with van der Waals surface area (Å²) in [6, 6.07) is 17.8. The van der Waals surface area contributed by atoms with Gasteiger partial charge in [-0.15, -0.1) is 0 Å². The first-order valence-electron chi connectivity index (χ1n) is 6.37. The first-order valence-corrected chi connectivity index (χ1v) is 7.19. The van der Waals surface area contributed by atoms with Crippen molar-refractivity contribution in [1.29, 1.82) is 0 Å². The summed E-state index contributed by atoms with van der Waals surface area (Å²) in [5.74, 6) is -1.04. The zero-order chi connectivity index (χ0) is 15.1. The molecule has 0 aliphatic carbocycles. The zero-order valence-corrected chi connectivity index (χ0v) is 12.3. The van der Waals surface area contributed by atoms with E-state index in [1.807, 2.05) is 54.6 Å². The highest BCUT2D eigenvalue weighted by atomic mass is 32.2. The largest absolute Gasteiger partial charge is 0.479 e. The highest BCUT2D eigenvalue weighted by Gasteiger charge is 2.07. The molecule has 0 spiro atoms. The van der Waals surface area contributed by atoms with Crippen molar-refractivity contribution in [2.75, 3.05) is 6.61 Å². The summed E-state index contributed by atoms with van der Waals surface area (Å²) in [4.78, 5) is 17.4. The Hall–Kier alpha value is -2.27. The van der Waals surface area contributed by atoms with Gasteiger partial charge in [0, 0.05) is 15.4 Å². The lowest BCUT2D eigenvalue weighted by Gasteiger charge is -2.08. The van der Waals surface area contributed by atoms with Crippen LogP contribution in [0.5, 0.6) is 0 Å². The quantitative estimate of drug-likeness (QED) is 0.653. The fourth-order valence-corrected chi connectivity index (χ4v) is 2.72. The standard InChI is InChI=1S/C16H15NO3S/c1-12(17-20-11-16(18)19)14-9-5-6-10-15(14)21-13-7-3-2-4-8-13/h2-10H,11H2,1H3,(H,18,19)/b17-12+. The van der Waals surface area contributed by atoms with Gasteiger partial charge >= 0.3 is 5.97 Å². The molecule has 5 heteroatoms. The fraction of sp³-hybridized carbons (Fsp3) is 0.125. The predicted molar refractivity (Wildman–Crippen MR) is 82.8 cm³/mol. The lowest BCUT2D eigenvalue weighted by molar-refractivity contribution is -0.142. The number of benzene rings is 2. The Bertz CT molecular complexity index is 641. The smallest absolute Gasteiger partial charge is 0.344 e. The van der Waals surface area contributed by atoms with Crippen LogP contribution in [0.1, 0.15) is 12.5 Å². The summed E-state index contributed by atoms with van der Waals surface area (Å²) >= 11 is 1.63. The van der Waals surface area contributed by atoms with E-state index in [0.29, 0.717) is 5.71 Å². The Balaban J connectivity index is 2.18. The summed E-state index contributed by atoms with van der Waals surface area (Å²) in [6.45, 7) is 1.36. The molecule has 4 nitrogen and oxygen atoms in total. The molecule has 2 aromatic carbocycles. The minimum Gasteiger partial charge on any atom is -0.479 e. The van der Waals surface area contributed by atoms with Crippen LogP contribution in [-0.4, -0.2) is 23.4 Å². The Morgan fingerprint density at radius 2 is 1.81 bits per heavy atom. The molecule has 0 bridgehead atoms. The zero-order valence-electron chi connectivity index (χ0n) is 11.5. The lowest BCUT2D eigenvalue weighted by Crippen LogP contribution is -2.05. The van der Waals surface area contributed by atoms with Crippen LogP contribution in [0.2, 0.25) is 0 Å². The molecule has 0 aromatic heterocycles. The second kappa shape index (κ2) is 7.50. The van der Waals surface area contributed by atoms with Crippen molar-refractivity contribution < 1.29 is 14.7 Å². The minimum atomic E-state index is -1.04. The van der Waals surface area contributed by atoms with Crippen LogP contribution in [0.15, 0.2) is 69.5 Å². The molecule has 0 unspecified atom stereocenters. The molecule has 2 rings (SSSR count). The third-order valence-corrected chi connectivity index (χ3v) is 3.72. The van der Waals surface area contributed by atoms with Gasteiger partial charge in [-0.3, -0.25) is 0 Å². The summed E-state index contributed by atoms with van der Waals surface area (Å²) < 4.78 is 0. The van der Waals surface area contributed by atoms with Crippen molar-refractivity contribution in [3.63, 3.8) is 0 Å². The topological polar surface area (TPSA) is 58.9 Å². The van der Waals surface area contributed by atoms with Crippen molar-refractivity contribution in [2.24, 2.45) is 5.16 Å². The maximum absolute atomic E-state index is 10.4. The average molecular weight is 301 g/mol. The van der Waals surface area contributed by atoms with Crippen LogP contribution in [0.25, 0.3) is 0 Å². The maximum Gasteiger partial charge on any atom is 0.344 e. The van der Waals surface area contributed by atoms with E-state index in [1.54, 1.807) is 18.7 Å². The monoisotopic (exact) mass is 301 g/mol. The van der Waals surface area contributed by atoms with Gasteiger partial charge in [0.25, 0.3) is 0 Å². The molecule has 0 fully saturated rings. The van der Waals surface area contributed by atoms with E-state index in [9.17, 15) is 4.79 Å². The van der Waals surface area contributed by atoms with E-state index in [4.69, 9.17) is 9.94 Å². The van der Waals surface area contributed by atoms with E-state index in [-0.39, 0.29) is 0 Å². The van der Waals surface area contributed by atoms with Gasteiger partial charge in [0.2, 0.25) is 6.61 Å². The molecule has 108 valence electrons. The second-order valence-corrected chi connectivity index (χ2v) is 5.37. The van der Waals surface area contributed by atoms with Crippen LogP contribution in [-0.2, 0) is 9.63 Å². The Morgan fingerprint density at radius 3 is 2.52 bits per heavy atom. The van der Waals surface area contributed by atoms with Crippen molar-refractivity contribution in [2.45, 2.75) is 16.7 Å². The number of carboxylic acid groups (broad SMARTS) is 1. The van der Waals surface area contributed by atoms with Gasteiger partial charge in [-0.05, 0) is 25.1 Å². The number of hydrogen-bond acceptors (Lipinski definition) is 4. The van der Waals surface area contributed by atoms with Crippen LogP contribution >= 0.6 is 11.8 Å². The maximum atomic E-state index is 10.4. The van der Waals surface area contributed by atoms with Gasteiger partial charge in [0.1, 0.15) is 0 Å². The fourth-order valence-electron chi connectivity index (χ4n) is 1.70. The summed E-state index contributed by atoms with van der Waals surface area (Å²) in [7, 11) is 0. The first kappa shape index (κ1) is 15.1. The molecule has 0 saturated heterocycles. The molecular formula is C16H15NO3S. The van der Waals surface area contributed by atoms with Gasteiger partial charge in [0.05, 0.1) is 5.71 Å². The van der Waals surface area contributed by atoms with Crippen molar-refractivity contribution in [3.05, 3.63) is 60.2 Å². The second-order valence-electron chi connectivity index (χ2n) is 4.26. The van der Waals surface area contributed by atoms with E-state index < -0.39 is 12.6 Å². The normalized spacial score (nSPS) is 11.2. The number of rotatable bonds is 6. The number of aliphatic carboxylic acids is 1. The van der Waals surface area contributed by atoms with Crippen molar-refractivity contribution in [3.8, 4) is 0 Å². The predicted octanol–water partition coefficient (Wildman–Crippen LogP) is 3.66. The molecule has 0 aliphatic rings. The highest BCUT2D eigenvalue weighted by Crippen LogP contribution is 2.30. The summed E-state index contributed by atoms with van der Waals surface area (Å²) in [5, 5.41) is 12.4. The summed E-state index contributed by atoms with van der Waals surface area (Å²) in [5.41, 5.74) is 1.58. The number of nitrogens with zero attached hydrogens (tertiary/aromatic N) is 1. The molecule has 0 aliphatic heterocycles. The third kappa shape index (κ3) is 4.65. The molecule has 1 N–H and O–H groups in total. The van der Waals surface area contributed by atoms with Gasteiger partial charge in [0.15, 0.2) is 0 Å². The minimum absolute atomic E-state index is 0.439. The van der Waals surface area contributed by atoms with E-state index >= 15 is 0 Å². The number of hydrogen-bond donors (Lipinski definition) is 1. The molecule has 0 heterocycles.